The lowest BCUT2D eigenvalue weighted by Gasteiger charge is -2.28. The van der Waals surface area contributed by atoms with Gasteiger partial charge in [0.2, 0.25) is 5.91 Å². The van der Waals surface area contributed by atoms with E-state index in [1.807, 2.05) is 37.2 Å². The molecule has 1 N–H and O–H groups in total. The molecule has 1 amide bonds. The molecule has 2 heterocycles. The van der Waals surface area contributed by atoms with Gasteiger partial charge in [0.05, 0.1) is 17.5 Å². The lowest BCUT2D eigenvalue weighted by molar-refractivity contribution is -0.134. The fourth-order valence-electron chi connectivity index (χ4n) is 2.72. The highest BCUT2D eigenvalue weighted by Crippen LogP contribution is 2.25. The third-order valence-corrected chi connectivity index (χ3v) is 4.71. The average molecular weight is 301 g/mol. The van der Waals surface area contributed by atoms with E-state index in [1.165, 1.54) is 5.56 Å². The zero-order valence-electron chi connectivity index (χ0n) is 12.3. The predicted molar refractivity (Wildman–Crippen MR) is 85.5 cm³/mol. The van der Waals surface area contributed by atoms with Gasteiger partial charge in [0.15, 0.2) is 0 Å². The topological polar surface area (TPSA) is 45.2 Å². The molecule has 1 atom stereocenters. The zero-order chi connectivity index (χ0) is 14.8. The van der Waals surface area contributed by atoms with Crippen molar-refractivity contribution >= 4 is 22.9 Å². The molecule has 0 saturated carbocycles. The minimum atomic E-state index is 0.0129. The number of para-hydroxylation sites is 1. The van der Waals surface area contributed by atoms with E-state index in [0.717, 1.165) is 22.0 Å². The molecule has 0 radical (unpaired) electrons. The summed E-state index contributed by atoms with van der Waals surface area (Å²) in [7, 11) is 1.87. The van der Waals surface area contributed by atoms with Gasteiger partial charge in [-0.15, -0.1) is 11.3 Å². The molecule has 1 aliphatic rings. The van der Waals surface area contributed by atoms with Gasteiger partial charge >= 0.3 is 0 Å². The number of nitrogens with zero attached hydrogens (tertiary/aromatic N) is 2. The van der Waals surface area contributed by atoms with Crippen LogP contribution in [-0.4, -0.2) is 29.4 Å². The van der Waals surface area contributed by atoms with Crippen molar-refractivity contribution in [3.63, 3.8) is 0 Å². The van der Waals surface area contributed by atoms with Crippen molar-refractivity contribution in [1.29, 1.82) is 0 Å². The van der Waals surface area contributed by atoms with E-state index >= 15 is 0 Å². The summed E-state index contributed by atoms with van der Waals surface area (Å²) in [4.78, 5) is 19.8. The predicted octanol–water partition coefficient (Wildman–Crippen LogP) is 2.69. The average Bonchev–Trinajstić information content (AvgIpc) is 2.91. The first-order valence-corrected chi connectivity index (χ1v) is 7.93. The van der Waals surface area contributed by atoms with Crippen LogP contribution in [0.4, 0.5) is 5.69 Å². The SMILES string of the molecule is Cc1ncc(CN(C)C(=O)C2CNc3ccccc3C2)s1. The molecule has 5 heteroatoms. The van der Waals surface area contributed by atoms with Crippen LogP contribution in [0, 0.1) is 12.8 Å². The molecule has 0 fully saturated rings. The van der Waals surface area contributed by atoms with Crippen LogP contribution in [0.25, 0.3) is 0 Å². The maximum absolute atomic E-state index is 12.6. The number of carbonyl (C=O) groups excluding carboxylic acids is 1. The maximum atomic E-state index is 12.6. The highest BCUT2D eigenvalue weighted by Gasteiger charge is 2.26. The molecule has 0 aliphatic carbocycles. The standard InChI is InChI=1S/C16H19N3OS/c1-11-17-9-14(21-11)10-19(2)16(20)13-7-12-5-3-4-6-15(12)18-8-13/h3-6,9,13,18H,7-8,10H2,1-2H3. The number of anilines is 1. The molecule has 21 heavy (non-hydrogen) atoms. The lowest BCUT2D eigenvalue weighted by Crippen LogP contribution is -2.38. The number of thiazole rings is 1. The van der Waals surface area contributed by atoms with Crippen LogP contribution < -0.4 is 5.32 Å². The van der Waals surface area contributed by atoms with Gasteiger partial charge < -0.3 is 10.2 Å². The van der Waals surface area contributed by atoms with E-state index in [9.17, 15) is 4.79 Å². The van der Waals surface area contributed by atoms with Gasteiger partial charge in [-0.05, 0) is 25.0 Å². The fraction of sp³-hybridized carbons (Fsp3) is 0.375. The molecule has 0 spiro atoms. The molecule has 110 valence electrons. The highest BCUT2D eigenvalue weighted by atomic mass is 32.1. The number of rotatable bonds is 3. The number of amides is 1. The van der Waals surface area contributed by atoms with Crippen molar-refractivity contribution in [3.8, 4) is 0 Å². The van der Waals surface area contributed by atoms with Crippen LogP contribution in [0.5, 0.6) is 0 Å². The van der Waals surface area contributed by atoms with Crippen LogP contribution in [0.15, 0.2) is 30.5 Å². The third kappa shape index (κ3) is 3.08. The Bertz CT molecular complexity index is 652. The summed E-state index contributed by atoms with van der Waals surface area (Å²) in [5, 5.41) is 4.40. The maximum Gasteiger partial charge on any atom is 0.227 e. The van der Waals surface area contributed by atoms with Gasteiger partial charge in [-0.3, -0.25) is 4.79 Å². The van der Waals surface area contributed by atoms with Gasteiger partial charge in [0.25, 0.3) is 0 Å². The van der Waals surface area contributed by atoms with Gasteiger partial charge in [-0.2, -0.15) is 0 Å². The highest BCUT2D eigenvalue weighted by molar-refractivity contribution is 7.11. The summed E-state index contributed by atoms with van der Waals surface area (Å²) in [6, 6.07) is 8.21. The van der Waals surface area contributed by atoms with Crippen LogP contribution in [0.3, 0.4) is 0 Å². The number of nitrogens with one attached hydrogen (secondary N) is 1. The summed E-state index contributed by atoms with van der Waals surface area (Å²) in [6.45, 7) is 3.34. The molecule has 1 aromatic carbocycles. The Morgan fingerprint density at radius 2 is 2.29 bits per heavy atom. The minimum Gasteiger partial charge on any atom is -0.384 e. The number of aromatic nitrogens is 1. The van der Waals surface area contributed by atoms with Crippen molar-refractivity contribution in [2.45, 2.75) is 19.9 Å². The second kappa shape index (κ2) is 5.85. The number of hydrogen-bond donors (Lipinski definition) is 1. The van der Waals surface area contributed by atoms with Crippen LogP contribution in [0.2, 0.25) is 0 Å². The number of hydrogen-bond acceptors (Lipinski definition) is 4. The normalized spacial score (nSPS) is 17.0. The molecular weight excluding hydrogens is 282 g/mol. The van der Waals surface area contributed by atoms with Crippen LogP contribution in [-0.2, 0) is 17.8 Å². The number of benzene rings is 1. The minimum absolute atomic E-state index is 0.0129. The van der Waals surface area contributed by atoms with Gasteiger partial charge in [-0.1, -0.05) is 18.2 Å². The number of aryl methyl sites for hydroxylation is 1. The molecule has 2 aromatic rings. The Hall–Kier alpha value is -1.88. The van der Waals surface area contributed by atoms with E-state index in [0.29, 0.717) is 13.1 Å². The number of fused-ring (bicyclic) bond motifs is 1. The first kappa shape index (κ1) is 14.1. The fourth-order valence-corrected chi connectivity index (χ4v) is 3.57. The molecule has 0 saturated heterocycles. The van der Waals surface area contributed by atoms with E-state index in [2.05, 4.69) is 22.4 Å². The Kier molecular flexibility index (Phi) is 3.92. The summed E-state index contributed by atoms with van der Waals surface area (Å²) in [5.74, 6) is 0.210. The van der Waals surface area contributed by atoms with Crippen molar-refractivity contribution in [2.75, 3.05) is 18.9 Å². The van der Waals surface area contributed by atoms with Gasteiger partial charge in [0.1, 0.15) is 0 Å². The Labute approximate surface area is 128 Å². The third-order valence-electron chi connectivity index (χ3n) is 3.81. The second-order valence-electron chi connectivity index (χ2n) is 5.48. The Morgan fingerprint density at radius 3 is 3.05 bits per heavy atom. The van der Waals surface area contributed by atoms with Crippen molar-refractivity contribution < 1.29 is 4.79 Å². The van der Waals surface area contributed by atoms with Crippen molar-refractivity contribution in [1.82, 2.24) is 9.88 Å². The first-order chi connectivity index (χ1) is 10.1. The van der Waals surface area contributed by atoms with Crippen LogP contribution >= 0.6 is 11.3 Å². The molecule has 3 rings (SSSR count). The van der Waals surface area contributed by atoms with E-state index < -0.39 is 0 Å². The first-order valence-electron chi connectivity index (χ1n) is 7.11. The Balaban J connectivity index is 1.66. The monoisotopic (exact) mass is 301 g/mol. The lowest BCUT2D eigenvalue weighted by atomic mass is 9.93. The molecule has 0 bridgehead atoms. The van der Waals surface area contributed by atoms with E-state index in [1.54, 1.807) is 11.3 Å². The van der Waals surface area contributed by atoms with E-state index in [4.69, 9.17) is 0 Å². The van der Waals surface area contributed by atoms with E-state index in [-0.39, 0.29) is 11.8 Å². The summed E-state index contributed by atoms with van der Waals surface area (Å²) < 4.78 is 0. The van der Waals surface area contributed by atoms with Crippen molar-refractivity contribution in [2.24, 2.45) is 5.92 Å². The van der Waals surface area contributed by atoms with Crippen LogP contribution in [0.1, 0.15) is 15.4 Å². The number of carbonyl (C=O) groups is 1. The molecular formula is C16H19N3OS. The second-order valence-corrected chi connectivity index (χ2v) is 6.80. The zero-order valence-corrected chi connectivity index (χ0v) is 13.1. The summed E-state index contributed by atoms with van der Waals surface area (Å²) in [6.07, 6.45) is 2.67. The largest absolute Gasteiger partial charge is 0.384 e. The Morgan fingerprint density at radius 1 is 1.48 bits per heavy atom. The van der Waals surface area contributed by atoms with Crippen molar-refractivity contribution in [3.05, 3.63) is 45.9 Å². The molecule has 1 unspecified atom stereocenters. The molecule has 1 aromatic heterocycles. The molecule has 4 nitrogen and oxygen atoms in total. The molecule has 1 aliphatic heterocycles. The smallest absolute Gasteiger partial charge is 0.227 e. The van der Waals surface area contributed by atoms with Gasteiger partial charge in [-0.25, -0.2) is 4.98 Å². The quantitative estimate of drug-likeness (QED) is 0.948. The van der Waals surface area contributed by atoms with Gasteiger partial charge in [0, 0.05) is 30.4 Å². The summed E-state index contributed by atoms with van der Waals surface area (Å²) >= 11 is 1.65. The summed E-state index contributed by atoms with van der Waals surface area (Å²) in [5.41, 5.74) is 2.38.